The first-order chi connectivity index (χ1) is 20.1. The molecule has 1 aliphatic rings. The third-order valence-corrected chi connectivity index (χ3v) is 7.93. The molecular weight excluding hydrogens is 559 g/mol. The molecule has 9 nitrogen and oxygen atoms in total. The fourth-order valence-electron chi connectivity index (χ4n) is 5.55. The lowest BCUT2D eigenvalue weighted by Gasteiger charge is -2.40. The minimum Gasteiger partial charge on any atom is -0.392 e. The summed E-state index contributed by atoms with van der Waals surface area (Å²) < 4.78 is 17.5. The van der Waals surface area contributed by atoms with E-state index in [4.69, 9.17) is 16.6 Å². The zero-order valence-electron chi connectivity index (χ0n) is 23.9. The van der Waals surface area contributed by atoms with Gasteiger partial charge in [-0.2, -0.15) is 4.98 Å². The molecular formula is C31H32ClFN6O3. The second-order valence-corrected chi connectivity index (χ2v) is 11.1. The summed E-state index contributed by atoms with van der Waals surface area (Å²) in [6, 6.07) is 7.79. The molecule has 0 radical (unpaired) electrons. The van der Waals surface area contributed by atoms with E-state index in [1.807, 2.05) is 32.6 Å². The number of hydrogen-bond acceptors (Lipinski definition) is 7. The molecule has 1 atom stereocenters. The van der Waals surface area contributed by atoms with E-state index in [9.17, 15) is 14.7 Å². The van der Waals surface area contributed by atoms with Crippen molar-refractivity contribution >= 4 is 34.4 Å². The van der Waals surface area contributed by atoms with Crippen molar-refractivity contribution in [2.24, 2.45) is 0 Å². The van der Waals surface area contributed by atoms with Crippen molar-refractivity contribution in [3.63, 3.8) is 0 Å². The van der Waals surface area contributed by atoms with Gasteiger partial charge in [0.2, 0.25) is 5.91 Å². The average molecular weight is 591 g/mol. The van der Waals surface area contributed by atoms with E-state index in [2.05, 4.69) is 16.5 Å². The van der Waals surface area contributed by atoms with Crippen molar-refractivity contribution in [2.45, 2.75) is 46.3 Å². The molecule has 42 heavy (non-hydrogen) atoms. The number of pyridine rings is 2. The Morgan fingerprint density at radius 2 is 2.02 bits per heavy atom. The standard InChI is InChI=1S/C31H32ClFN6O3/c1-6-24(41)37-12-13-38(19(5)15-37)29-21-14-23(33)27(25-20(16-40)8-7-9-22(25)32)35-30(21)39(31(42)36-29)28-18(4)10-11-34-26(28)17(2)3/h6-11,14,17,19,40H,1,12-13,15-16H2,2-5H3/t19-/m0/s1. The highest BCUT2D eigenvalue weighted by Crippen LogP contribution is 2.36. The molecule has 0 unspecified atom stereocenters. The number of fused-ring (bicyclic) bond motifs is 1. The van der Waals surface area contributed by atoms with Gasteiger partial charge in [-0.1, -0.05) is 44.2 Å². The van der Waals surface area contributed by atoms with Crippen molar-refractivity contribution in [3.8, 4) is 16.9 Å². The van der Waals surface area contributed by atoms with Gasteiger partial charge >= 0.3 is 5.69 Å². The number of amides is 1. The molecule has 0 aliphatic carbocycles. The van der Waals surface area contributed by atoms with E-state index in [0.717, 1.165) is 5.56 Å². The summed E-state index contributed by atoms with van der Waals surface area (Å²) in [5.74, 6) is -0.628. The lowest BCUT2D eigenvalue weighted by molar-refractivity contribution is -0.126. The Labute approximate surface area is 247 Å². The van der Waals surface area contributed by atoms with Crippen LogP contribution in [-0.4, -0.2) is 61.1 Å². The van der Waals surface area contributed by atoms with Crippen LogP contribution in [0, 0.1) is 12.7 Å². The zero-order valence-corrected chi connectivity index (χ0v) is 24.7. The van der Waals surface area contributed by atoms with Crippen LogP contribution in [0.15, 0.2) is 54.0 Å². The molecule has 1 amide bonds. The van der Waals surface area contributed by atoms with E-state index in [1.54, 1.807) is 35.4 Å². The average Bonchev–Trinajstić information content (AvgIpc) is 2.96. The van der Waals surface area contributed by atoms with Gasteiger partial charge in [-0.3, -0.25) is 9.78 Å². The number of carbonyl (C=O) groups excluding carboxylic acids is 1. The SMILES string of the molecule is C=CC(=O)N1CCN(c2nc(=O)n(-c3c(C)ccnc3C(C)C)c3nc(-c4c(Cl)cccc4CO)c(F)cc23)[C@@H](C)C1. The minimum absolute atomic E-state index is 0.0403. The number of aryl methyl sites for hydroxylation is 1. The number of aliphatic hydroxyl groups is 1. The summed E-state index contributed by atoms with van der Waals surface area (Å²) in [5, 5.41) is 10.6. The molecule has 11 heteroatoms. The molecule has 1 aliphatic heterocycles. The van der Waals surface area contributed by atoms with Gasteiger partial charge in [-0.05, 0) is 55.2 Å². The number of benzene rings is 1. The van der Waals surface area contributed by atoms with Gasteiger partial charge in [0.1, 0.15) is 17.3 Å². The Morgan fingerprint density at radius 3 is 2.69 bits per heavy atom. The summed E-state index contributed by atoms with van der Waals surface area (Å²) in [4.78, 5) is 43.6. The highest BCUT2D eigenvalue weighted by Gasteiger charge is 2.31. The first kappa shape index (κ1) is 29.3. The first-order valence-corrected chi connectivity index (χ1v) is 14.1. The van der Waals surface area contributed by atoms with E-state index in [0.29, 0.717) is 42.0 Å². The molecule has 5 rings (SSSR count). The molecule has 1 aromatic carbocycles. The quantitative estimate of drug-likeness (QED) is 0.322. The topological polar surface area (TPSA) is 104 Å². The summed E-state index contributed by atoms with van der Waals surface area (Å²) >= 11 is 6.51. The summed E-state index contributed by atoms with van der Waals surface area (Å²) in [7, 11) is 0. The van der Waals surface area contributed by atoms with Gasteiger partial charge in [0, 0.05) is 37.4 Å². The Bertz CT molecular complexity index is 1770. The lowest BCUT2D eigenvalue weighted by atomic mass is 10.0. The number of aromatic nitrogens is 4. The largest absolute Gasteiger partial charge is 0.392 e. The predicted molar refractivity (Wildman–Crippen MR) is 162 cm³/mol. The molecule has 218 valence electrons. The van der Waals surface area contributed by atoms with Crippen LogP contribution in [0.3, 0.4) is 0 Å². The Kier molecular flexibility index (Phi) is 8.12. The van der Waals surface area contributed by atoms with Crippen molar-refractivity contribution < 1.29 is 14.3 Å². The first-order valence-electron chi connectivity index (χ1n) is 13.7. The Hall–Kier alpha value is -4.15. The maximum Gasteiger partial charge on any atom is 0.355 e. The van der Waals surface area contributed by atoms with Crippen LogP contribution in [0.1, 0.15) is 43.5 Å². The van der Waals surface area contributed by atoms with Gasteiger partial charge in [0.25, 0.3) is 0 Å². The van der Waals surface area contributed by atoms with Crippen LogP contribution in [0.4, 0.5) is 10.2 Å². The number of anilines is 1. The molecule has 4 aromatic rings. The summed E-state index contributed by atoms with van der Waals surface area (Å²) in [6.07, 6.45) is 2.96. The number of rotatable bonds is 6. The predicted octanol–water partition coefficient (Wildman–Crippen LogP) is 4.78. The number of piperazine rings is 1. The van der Waals surface area contributed by atoms with Crippen LogP contribution in [0.5, 0.6) is 0 Å². The van der Waals surface area contributed by atoms with Gasteiger partial charge in [0.15, 0.2) is 5.65 Å². The summed E-state index contributed by atoms with van der Waals surface area (Å²) in [6.45, 7) is 12.1. The molecule has 0 bridgehead atoms. The number of halogens is 2. The second kappa shape index (κ2) is 11.6. The molecule has 1 saturated heterocycles. The van der Waals surface area contributed by atoms with Gasteiger partial charge < -0.3 is 14.9 Å². The normalized spacial score (nSPS) is 15.5. The number of nitrogens with zero attached hydrogens (tertiary/aromatic N) is 6. The Balaban J connectivity index is 1.84. The molecule has 0 saturated carbocycles. The lowest BCUT2D eigenvalue weighted by Crippen LogP contribution is -2.54. The van der Waals surface area contributed by atoms with E-state index in [-0.39, 0.29) is 52.2 Å². The summed E-state index contributed by atoms with van der Waals surface area (Å²) in [5.41, 5.74) is 2.10. The van der Waals surface area contributed by atoms with Crippen molar-refractivity contribution in [3.05, 3.63) is 87.3 Å². The maximum absolute atomic E-state index is 16.1. The fourth-order valence-corrected chi connectivity index (χ4v) is 5.84. The van der Waals surface area contributed by atoms with Crippen LogP contribution in [0.25, 0.3) is 28.0 Å². The third kappa shape index (κ3) is 5.05. The number of hydrogen-bond donors (Lipinski definition) is 1. The monoisotopic (exact) mass is 590 g/mol. The number of aliphatic hydroxyl groups excluding tert-OH is 1. The van der Waals surface area contributed by atoms with E-state index < -0.39 is 11.5 Å². The maximum atomic E-state index is 16.1. The van der Waals surface area contributed by atoms with Gasteiger partial charge in [-0.15, -0.1) is 0 Å². The van der Waals surface area contributed by atoms with Crippen LogP contribution in [-0.2, 0) is 11.4 Å². The van der Waals surface area contributed by atoms with Crippen molar-refractivity contribution in [1.29, 1.82) is 0 Å². The van der Waals surface area contributed by atoms with Crippen LogP contribution >= 0.6 is 11.6 Å². The van der Waals surface area contributed by atoms with Crippen molar-refractivity contribution in [2.75, 3.05) is 24.5 Å². The molecule has 4 heterocycles. The van der Waals surface area contributed by atoms with Gasteiger partial charge in [0.05, 0.1) is 28.4 Å². The Morgan fingerprint density at radius 1 is 1.26 bits per heavy atom. The third-order valence-electron chi connectivity index (χ3n) is 7.62. The molecule has 1 N–H and O–H groups in total. The highest BCUT2D eigenvalue weighted by molar-refractivity contribution is 6.33. The van der Waals surface area contributed by atoms with Gasteiger partial charge in [-0.25, -0.2) is 18.7 Å². The fraction of sp³-hybridized carbons (Fsp3) is 0.323. The minimum atomic E-state index is -0.682. The van der Waals surface area contributed by atoms with Crippen molar-refractivity contribution in [1.82, 2.24) is 24.4 Å². The zero-order chi connectivity index (χ0) is 30.3. The molecule has 3 aromatic heterocycles. The second-order valence-electron chi connectivity index (χ2n) is 10.7. The van der Waals surface area contributed by atoms with E-state index >= 15 is 4.39 Å². The number of carbonyl (C=O) groups is 1. The van der Waals surface area contributed by atoms with Crippen LogP contribution in [0.2, 0.25) is 5.02 Å². The highest BCUT2D eigenvalue weighted by atomic mass is 35.5. The molecule has 1 fully saturated rings. The van der Waals surface area contributed by atoms with E-state index in [1.165, 1.54) is 16.7 Å². The molecule has 0 spiro atoms. The van der Waals surface area contributed by atoms with Crippen LogP contribution < -0.4 is 10.6 Å². The smallest absolute Gasteiger partial charge is 0.355 e.